The van der Waals surface area contributed by atoms with Gasteiger partial charge in [-0.3, -0.25) is 4.98 Å². The number of thiocarbonyl (C=S) groups is 1. The van der Waals surface area contributed by atoms with Crippen molar-refractivity contribution in [3.63, 3.8) is 0 Å². The van der Waals surface area contributed by atoms with Gasteiger partial charge in [-0.05, 0) is 62.0 Å². The van der Waals surface area contributed by atoms with Crippen molar-refractivity contribution in [1.29, 1.82) is 0 Å². The lowest BCUT2D eigenvalue weighted by Crippen LogP contribution is -2.30. The highest BCUT2D eigenvalue weighted by Crippen LogP contribution is 2.41. The number of aryl methyl sites for hydroxylation is 1. The van der Waals surface area contributed by atoms with Gasteiger partial charge >= 0.3 is 0 Å². The average Bonchev–Trinajstić information content (AvgIpc) is 3.29. The fourth-order valence-corrected chi connectivity index (χ4v) is 4.58. The minimum Gasteiger partial charge on any atom is -0.452 e. The summed E-state index contributed by atoms with van der Waals surface area (Å²) in [6.45, 7) is 5.13. The van der Waals surface area contributed by atoms with Gasteiger partial charge in [0.05, 0.1) is 11.7 Å². The number of rotatable bonds is 6. The first-order valence-electron chi connectivity index (χ1n) is 9.48. The van der Waals surface area contributed by atoms with E-state index in [2.05, 4.69) is 59.4 Å². The van der Waals surface area contributed by atoms with E-state index in [-0.39, 0.29) is 12.1 Å². The van der Waals surface area contributed by atoms with E-state index >= 15 is 0 Å². The normalized spacial score (nSPS) is 19.1. The molecule has 3 heterocycles. The molecule has 0 aliphatic carbocycles. The molecule has 0 bridgehead atoms. The summed E-state index contributed by atoms with van der Waals surface area (Å²) >= 11 is 7.26. The van der Waals surface area contributed by atoms with E-state index in [1.54, 1.807) is 11.8 Å². The maximum absolute atomic E-state index is 6.27. The topological polar surface area (TPSA) is 41.3 Å². The zero-order chi connectivity index (χ0) is 19.5. The monoisotopic (exact) mass is 409 g/mol. The molecule has 0 unspecified atom stereocenters. The van der Waals surface area contributed by atoms with Gasteiger partial charge in [-0.25, -0.2) is 0 Å². The third-order valence-electron chi connectivity index (χ3n) is 4.80. The molecule has 3 aromatic rings. The Morgan fingerprint density at radius 1 is 1.14 bits per heavy atom. The molecule has 1 aliphatic rings. The fourth-order valence-electron chi connectivity index (χ4n) is 3.47. The predicted molar refractivity (Wildman–Crippen MR) is 116 cm³/mol. The van der Waals surface area contributed by atoms with Crippen LogP contribution < -0.4 is 5.32 Å². The van der Waals surface area contributed by atoms with E-state index in [0.717, 1.165) is 34.6 Å². The number of aromatic nitrogens is 1. The minimum absolute atomic E-state index is 0.00489. The molecule has 4 nitrogen and oxygen atoms in total. The minimum atomic E-state index is -0.0244. The molecule has 0 saturated carbocycles. The van der Waals surface area contributed by atoms with Crippen molar-refractivity contribution in [1.82, 2.24) is 15.2 Å². The summed E-state index contributed by atoms with van der Waals surface area (Å²) in [5, 5.41) is 5.09. The summed E-state index contributed by atoms with van der Waals surface area (Å²) in [5.41, 5.74) is 2.22. The Morgan fingerprint density at radius 2 is 1.96 bits per heavy atom. The molecule has 1 N–H and O–H groups in total. The van der Waals surface area contributed by atoms with Crippen molar-refractivity contribution in [3.8, 4) is 0 Å². The molecule has 1 aromatic carbocycles. The van der Waals surface area contributed by atoms with Gasteiger partial charge in [-0.15, -0.1) is 0 Å². The third-order valence-corrected chi connectivity index (χ3v) is 6.08. The largest absolute Gasteiger partial charge is 0.452 e. The molecule has 6 heteroatoms. The van der Waals surface area contributed by atoms with Crippen molar-refractivity contribution in [3.05, 3.63) is 77.8 Å². The van der Waals surface area contributed by atoms with Crippen molar-refractivity contribution in [2.75, 3.05) is 6.54 Å². The van der Waals surface area contributed by atoms with Crippen LogP contribution in [-0.4, -0.2) is 21.5 Å². The average molecular weight is 410 g/mol. The second-order valence-electron chi connectivity index (χ2n) is 6.89. The Hall–Kier alpha value is -2.31. The van der Waals surface area contributed by atoms with Crippen molar-refractivity contribution in [2.24, 2.45) is 0 Å². The van der Waals surface area contributed by atoms with Crippen LogP contribution in [0.25, 0.3) is 0 Å². The van der Waals surface area contributed by atoms with Crippen molar-refractivity contribution in [2.45, 2.75) is 42.3 Å². The molecule has 2 aromatic heterocycles. The zero-order valence-electron chi connectivity index (χ0n) is 16.0. The number of nitrogens with one attached hydrogen (secondary N) is 1. The van der Waals surface area contributed by atoms with E-state index in [1.807, 2.05) is 30.5 Å². The highest BCUT2D eigenvalue weighted by atomic mass is 32.2. The molecule has 0 radical (unpaired) electrons. The quantitative estimate of drug-likeness (QED) is 0.541. The van der Waals surface area contributed by atoms with Crippen LogP contribution in [0.4, 0.5) is 0 Å². The molecule has 144 valence electrons. The van der Waals surface area contributed by atoms with Gasteiger partial charge in [0, 0.05) is 17.6 Å². The first-order valence-corrected chi connectivity index (χ1v) is 10.7. The number of benzene rings is 1. The SMILES string of the molecule is CCCN1C(=S)N[C@H](c2ccccn2)[C@H]1c1ccc(Sc2ccc(C)cc2)o1. The number of hydrogen-bond donors (Lipinski definition) is 1. The zero-order valence-corrected chi connectivity index (χ0v) is 17.6. The Balaban J connectivity index is 1.63. The lowest BCUT2D eigenvalue weighted by Gasteiger charge is -2.25. The van der Waals surface area contributed by atoms with Gasteiger partial charge in [0.2, 0.25) is 0 Å². The summed E-state index contributed by atoms with van der Waals surface area (Å²) in [6, 6.07) is 18.5. The summed E-state index contributed by atoms with van der Waals surface area (Å²) < 4.78 is 6.27. The van der Waals surface area contributed by atoms with Gasteiger partial charge in [0.1, 0.15) is 11.8 Å². The Labute approximate surface area is 175 Å². The summed E-state index contributed by atoms with van der Waals surface area (Å²) in [4.78, 5) is 7.93. The molecule has 0 spiro atoms. The molecule has 2 atom stereocenters. The standard InChI is InChI=1S/C22H23N3OS2/c1-3-14-25-21(20(24-22(25)27)17-6-4-5-13-23-17)18-11-12-19(26-18)28-16-9-7-15(2)8-10-16/h4-13,20-21H,3,14H2,1-2H3,(H,24,27)/t20-,21-/m1/s1. The molecule has 0 amide bonds. The predicted octanol–water partition coefficient (Wildman–Crippen LogP) is 5.52. The van der Waals surface area contributed by atoms with Crippen LogP contribution in [0.5, 0.6) is 0 Å². The van der Waals surface area contributed by atoms with Gasteiger partial charge in [-0.1, -0.05) is 42.4 Å². The first kappa shape index (κ1) is 19.0. The first-order chi connectivity index (χ1) is 13.7. The summed E-state index contributed by atoms with van der Waals surface area (Å²) in [6.07, 6.45) is 2.83. The van der Waals surface area contributed by atoms with E-state index in [0.29, 0.717) is 0 Å². The molecule has 1 aliphatic heterocycles. The Kier molecular flexibility index (Phi) is 5.69. The second kappa shape index (κ2) is 8.37. The third kappa shape index (κ3) is 3.93. The Bertz CT molecular complexity index is 940. The molecular weight excluding hydrogens is 386 g/mol. The maximum Gasteiger partial charge on any atom is 0.170 e. The molecule has 1 saturated heterocycles. The Morgan fingerprint density at radius 3 is 2.68 bits per heavy atom. The van der Waals surface area contributed by atoms with Crippen LogP contribution in [0, 0.1) is 6.92 Å². The molecule has 28 heavy (non-hydrogen) atoms. The number of hydrogen-bond acceptors (Lipinski definition) is 4. The molecular formula is C22H23N3OS2. The van der Waals surface area contributed by atoms with Gasteiger partial charge < -0.3 is 14.6 Å². The number of nitrogens with zero attached hydrogens (tertiary/aromatic N) is 2. The maximum atomic E-state index is 6.27. The van der Waals surface area contributed by atoms with Crippen LogP contribution >= 0.6 is 24.0 Å². The highest BCUT2D eigenvalue weighted by Gasteiger charge is 2.41. The number of pyridine rings is 1. The van der Waals surface area contributed by atoms with Crippen LogP contribution in [-0.2, 0) is 0 Å². The van der Waals surface area contributed by atoms with E-state index < -0.39 is 0 Å². The molecule has 1 fully saturated rings. The van der Waals surface area contributed by atoms with Gasteiger partial charge in [0.25, 0.3) is 0 Å². The summed E-state index contributed by atoms with van der Waals surface area (Å²) in [5.74, 6) is 0.908. The van der Waals surface area contributed by atoms with E-state index in [1.165, 1.54) is 10.5 Å². The second-order valence-corrected chi connectivity index (χ2v) is 8.36. The van der Waals surface area contributed by atoms with Crippen LogP contribution in [0.1, 0.15) is 42.4 Å². The lowest BCUT2D eigenvalue weighted by atomic mass is 10.0. The van der Waals surface area contributed by atoms with Gasteiger partial charge in [-0.2, -0.15) is 0 Å². The summed E-state index contributed by atoms with van der Waals surface area (Å²) in [7, 11) is 0. The van der Waals surface area contributed by atoms with Crippen LogP contribution in [0.2, 0.25) is 0 Å². The fraction of sp³-hybridized carbons (Fsp3) is 0.273. The highest BCUT2D eigenvalue weighted by molar-refractivity contribution is 7.99. The van der Waals surface area contributed by atoms with Crippen LogP contribution in [0.15, 0.2) is 75.2 Å². The number of furan rings is 1. The van der Waals surface area contributed by atoms with E-state index in [4.69, 9.17) is 16.6 Å². The van der Waals surface area contributed by atoms with Crippen LogP contribution in [0.3, 0.4) is 0 Å². The van der Waals surface area contributed by atoms with Crippen molar-refractivity contribution >= 4 is 29.1 Å². The van der Waals surface area contributed by atoms with Crippen molar-refractivity contribution < 1.29 is 4.42 Å². The van der Waals surface area contributed by atoms with E-state index in [9.17, 15) is 0 Å². The molecule has 4 rings (SSSR count). The smallest absolute Gasteiger partial charge is 0.170 e. The van der Waals surface area contributed by atoms with Gasteiger partial charge in [0.15, 0.2) is 10.2 Å². The lowest BCUT2D eigenvalue weighted by molar-refractivity contribution is 0.260.